The number of hydrogen-bond acceptors (Lipinski definition) is 4. The second kappa shape index (κ2) is 5.82. The van der Waals surface area contributed by atoms with Crippen LogP contribution in [-0.4, -0.2) is 29.2 Å². The number of hydrogen-bond donors (Lipinski definition) is 0. The normalized spacial score (nSPS) is 22.3. The Morgan fingerprint density at radius 2 is 1.86 bits per heavy atom. The fraction of sp³-hybridized carbons (Fsp3) is 0.412. The maximum absolute atomic E-state index is 6.10. The van der Waals surface area contributed by atoms with Crippen molar-refractivity contribution in [1.29, 1.82) is 0 Å². The summed E-state index contributed by atoms with van der Waals surface area (Å²) in [7, 11) is 0. The molecule has 0 unspecified atom stereocenters. The van der Waals surface area contributed by atoms with Crippen LogP contribution in [0.15, 0.2) is 36.4 Å². The first-order valence-corrected chi connectivity index (χ1v) is 7.39. The van der Waals surface area contributed by atoms with Crippen LogP contribution in [0.3, 0.4) is 0 Å². The largest absolute Gasteiger partial charge is 0.367 e. The fourth-order valence-corrected chi connectivity index (χ4v) is 2.85. The molecule has 1 aromatic heterocycles. The first kappa shape index (κ1) is 14.0. The molecule has 2 atom stereocenters. The van der Waals surface area contributed by atoms with Crippen molar-refractivity contribution >= 4 is 5.82 Å². The molecular formula is C17H21N3O. The number of rotatable bonds is 2. The van der Waals surface area contributed by atoms with Gasteiger partial charge in [-0.15, -0.1) is 0 Å². The molecule has 1 aromatic carbocycles. The Morgan fingerprint density at radius 1 is 1.10 bits per heavy atom. The van der Waals surface area contributed by atoms with Gasteiger partial charge in [0, 0.05) is 24.8 Å². The lowest BCUT2D eigenvalue weighted by molar-refractivity contribution is -0.0176. The summed E-state index contributed by atoms with van der Waals surface area (Å²) in [5.74, 6) is 1.82. The predicted octanol–water partition coefficient (Wildman–Crippen LogP) is 3.06. The van der Waals surface area contributed by atoms with E-state index in [1.807, 2.05) is 26.0 Å². The van der Waals surface area contributed by atoms with Crippen molar-refractivity contribution in [1.82, 2.24) is 9.97 Å². The third-order valence-corrected chi connectivity index (χ3v) is 3.71. The topological polar surface area (TPSA) is 38.2 Å². The van der Waals surface area contributed by atoms with Crippen LogP contribution in [0.2, 0.25) is 0 Å². The first-order valence-electron chi connectivity index (χ1n) is 7.39. The second-order valence-corrected chi connectivity index (χ2v) is 5.67. The highest BCUT2D eigenvalue weighted by atomic mass is 16.5. The summed E-state index contributed by atoms with van der Waals surface area (Å²) in [4.78, 5) is 11.2. The van der Waals surface area contributed by atoms with Gasteiger partial charge in [-0.2, -0.15) is 0 Å². The molecule has 4 nitrogen and oxygen atoms in total. The van der Waals surface area contributed by atoms with Crippen LogP contribution in [0.5, 0.6) is 0 Å². The maximum atomic E-state index is 6.10. The van der Waals surface area contributed by atoms with Gasteiger partial charge in [0.15, 0.2) is 0 Å². The van der Waals surface area contributed by atoms with Crippen LogP contribution < -0.4 is 4.90 Å². The molecular weight excluding hydrogens is 262 g/mol. The molecule has 1 aliphatic heterocycles. The highest BCUT2D eigenvalue weighted by Crippen LogP contribution is 2.27. The fourth-order valence-electron chi connectivity index (χ4n) is 2.85. The third-order valence-electron chi connectivity index (χ3n) is 3.71. The Balaban J connectivity index is 1.86. The molecule has 0 spiro atoms. The van der Waals surface area contributed by atoms with E-state index in [0.29, 0.717) is 0 Å². The van der Waals surface area contributed by atoms with Crippen LogP contribution >= 0.6 is 0 Å². The average Bonchev–Trinajstić information content (AvgIpc) is 2.46. The van der Waals surface area contributed by atoms with E-state index in [4.69, 9.17) is 4.74 Å². The van der Waals surface area contributed by atoms with Gasteiger partial charge in [-0.3, -0.25) is 0 Å². The lowest BCUT2D eigenvalue weighted by Crippen LogP contribution is -2.43. The first-order chi connectivity index (χ1) is 10.1. The number of nitrogens with zero attached hydrogens (tertiary/aromatic N) is 3. The molecule has 110 valence electrons. The van der Waals surface area contributed by atoms with Crippen molar-refractivity contribution in [2.45, 2.75) is 33.0 Å². The Labute approximate surface area is 125 Å². The number of morpholine rings is 1. The summed E-state index contributed by atoms with van der Waals surface area (Å²) in [5, 5.41) is 0. The minimum atomic E-state index is 0.0885. The molecule has 0 saturated carbocycles. The molecule has 2 aromatic rings. The number of ether oxygens (including phenoxy) is 1. The van der Waals surface area contributed by atoms with Crippen LogP contribution in [0.25, 0.3) is 0 Å². The highest BCUT2D eigenvalue weighted by Gasteiger charge is 2.27. The molecule has 0 bridgehead atoms. The van der Waals surface area contributed by atoms with Gasteiger partial charge in [-0.05, 0) is 26.3 Å². The lowest BCUT2D eigenvalue weighted by Gasteiger charge is -2.37. The summed E-state index contributed by atoms with van der Waals surface area (Å²) >= 11 is 0. The van der Waals surface area contributed by atoms with E-state index in [1.54, 1.807) is 0 Å². The van der Waals surface area contributed by atoms with Crippen LogP contribution in [0, 0.1) is 13.8 Å². The number of aromatic nitrogens is 2. The van der Waals surface area contributed by atoms with Crippen molar-refractivity contribution in [2.24, 2.45) is 0 Å². The highest BCUT2D eigenvalue weighted by molar-refractivity contribution is 5.41. The zero-order valence-electron chi connectivity index (χ0n) is 12.8. The Morgan fingerprint density at radius 3 is 2.57 bits per heavy atom. The van der Waals surface area contributed by atoms with E-state index in [9.17, 15) is 0 Å². The van der Waals surface area contributed by atoms with Crippen molar-refractivity contribution in [3.63, 3.8) is 0 Å². The van der Waals surface area contributed by atoms with Gasteiger partial charge in [0.1, 0.15) is 17.7 Å². The molecule has 1 saturated heterocycles. The Bertz CT molecular complexity index is 594. The monoisotopic (exact) mass is 283 g/mol. The summed E-state index contributed by atoms with van der Waals surface area (Å²) in [5.41, 5.74) is 2.23. The van der Waals surface area contributed by atoms with Gasteiger partial charge >= 0.3 is 0 Å². The minimum absolute atomic E-state index is 0.0885. The maximum Gasteiger partial charge on any atom is 0.132 e. The van der Waals surface area contributed by atoms with E-state index in [0.717, 1.165) is 30.4 Å². The average molecular weight is 283 g/mol. The lowest BCUT2D eigenvalue weighted by atomic mass is 10.1. The molecule has 2 heterocycles. The second-order valence-electron chi connectivity index (χ2n) is 5.67. The predicted molar refractivity (Wildman–Crippen MR) is 83.4 cm³/mol. The van der Waals surface area contributed by atoms with Gasteiger partial charge in [0.25, 0.3) is 0 Å². The van der Waals surface area contributed by atoms with Crippen molar-refractivity contribution in [3.8, 4) is 0 Å². The number of benzene rings is 1. The van der Waals surface area contributed by atoms with Gasteiger partial charge in [-0.1, -0.05) is 30.3 Å². The summed E-state index contributed by atoms with van der Waals surface area (Å²) < 4.78 is 6.10. The summed E-state index contributed by atoms with van der Waals surface area (Å²) in [6.45, 7) is 7.75. The SMILES string of the molecule is Cc1cc(N2C[C@@H](C)O[C@H](c3ccccc3)C2)nc(C)n1. The van der Waals surface area contributed by atoms with Gasteiger partial charge in [0.2, 0.25) is 0 Å². The quantitative estimate of drug-likeness (QED) is 0.849. The summed E-state index contributed by atoms with van der Waals surface area (Å²) in [6, 6.07) is 12.4. The van der Waals surface area contributed by atoms with Crippen LogP contribution in [-0.2, 0) is 4.74 Å². The Hall–Kier alpha value is -1.94. The van der Waals surface area contributed by atoms with Gasteiger partial charge in [0.05, 0.1) is 6.10 Å². The minimum Gasteiger partial charge on any atom is -0.367 e. The van der Waals surface area contributed by atoms with Crippen molar-refractivity contribution < 1.29 is 4.74 Å². The van der Waals surface area contributed by atoms with Gasteiger partial charge < -0.3 is 9.64 Å². The van der Waals surface area contributed by atoms with Crippen LogP contribution in [0.1, 0.15) is 30.1 Å². The van der Waals surface area contributed by atoms with E-state index >= 15 is 0 Å². The number of aryl methyl sites for hydroxylation is 2. The molecule has 1 aliphatic rings. The standard InChI is InChI=1S/C17H21N3O/c1-12-9-17(19-14(3)18-12)20-10-13(2)21-16(11-20)15-7-5-4-6-8-15/h4-9,13,16H,10-11H2,1-3H3/t13-,16+/m1/s1. The molecule has 4 heteroatoms. The van der Waals surface area contributed by atoms with Crippen molar-refractivity contribution in [3.05, 3.63) is 53.5 Å². The van der Waals surface area contributed by atoms with E-state index in [2.05, 4.69) is 46.1 Å². The Kier molecular flexibility index (Phi) is 3.88. The van der Waals surface area contributed by atoms with E-state index < -0.39 is 0 Å². The van der Waals surface area contributed by atoms with Gasteiger partial charge in [-0.25, -0.2) is 9.97 Å². The third kappa shape index (κ3) is 3.22. The van der Waals surface area contributed by atoms with Crippen molar-refractivity contribution in [2.75, 3.05) is 18.0 Å². The molecule has 0 N–H and O–H groups in total. The smallest absolute Gasteiger partial charge is 0.132 e. The molecule has 1 fully saturated rings. The molecule has 3 rings (SSSR count). The zero-order chi connectivity index (χ0) is 14.8. The molecule has 0 aliphatic carbocycles. The van der Waals surface area contributed by atoms with E-state index in [1.165, 1.54) is 5.56 Å². The molecule has 21 heavy (non-hydrogen) atoms. The zero-order valence-corrected chi connectivity index (χ0v) is 12.8. The number of anilines is 1. The summed E-state index contributed by atoms with van der Waals surface area (Å²) in [6.07, 6.45) is 0.269. The van der Waals surface area contributed by atoms with Crippen LogP contribution in [0.4, 0.5) is 5.82 Å². The molecule has 0 amide bonds. The van der Waals surface area contributed by atoms with E-state index in [-0.39, 0.29) is 12.2 Å². The molecule has 0 radical (unpaired) electrons.